The molecule has 0 radical (unpaired) electrons. The number of aliphatic hydroxyl groups excluding tert-OH is 11. The minimum atomic E-state index is -1.67. The van der Waals surface area contributed by atoms with E-state index in [1.165, 1.54) is 6.92 Å². The Kier molecular flexibility index (Phi) is 15.0. The van der Waals surface area contributed by atoms with Crippen LogP contribution < -0.4 is 0 Å². The van der Waals surface area contributed by atoms with Gasteiger partial charge in [0.15, 0.2) is 24.7 Å². The van der Waals surface area contributed by atoms with Gasteiger partial charge in [0.2, 0.25) is 0 Å². The highest BCUT2D eigenvalue weighted by Gasteiger charge is 2.69. The molecule has 374 valence electrons. The molecule has 11 N–H and O–H groups in total. The van der Waals surface area contributed by atoms with Crippen molar-refractivity contribution in [2.45, 2.75) is 202 Å². The summed E-state index contributed by atoms with van der Waals surface area (Å²) in [6, 6.07) is 0. The average molecular weight is 933 g/mol. The number of allylic oxidation sites excluding steroid dienone is 1. The Hall–Kier alpha value is -1.02. The number of ether oxygens (including phenoxy) is 8. The lowest BCUT2D eigenvalue weighted by atomic mass is 9.46. The molecule has 7 fully saturated rings. The fraction of sp³-hybridized carbons (Fsp3) is 0.957. The second kappa shape index (κ2) is 19.3. The van der Waals surface area contributed by atoms with Crippen LogP contribution in [-0.4, -0.2) is 199 Å². The zero-order valence-electron chi connectivity index (χ0n) is 38.4. The number of aliphatic hydroxyl groups is 11. The van der Waals surface area contributed by atoms with Crippen molar-refractivity contribution in [1.29, 1.82) is 0 Å². The summed E-state index contributed by atoms with van der Waals surface area (Å²) in [5, 5.41) is 116. The van der Waals surface area contributed by atoms with Gasteiger partial charge in [-0.2, -0.15) is 0 Å². The lowest BCUT2D eigenvalue weighted by molar-refractivity contribution is -0.361. The minimum absolute atomic E-state index is 0.0000526. The van der Waals surface area contributed by atoms with Gasteiger partial charge in [-0.05, 0) is 80.5 Å². The van der Waals surface area contributed by atoms with Gasteiger partial charge in [-0.15, -0.1) is 0 Å². The highest BCUT2D eigenvalue weighted by molar-refractivity contribution is 5.28. The summed E-state index contributed by atoms with van der Waals surface area (Å²) in [4.78, 5) is 0. The third kappa shape index (κ3) is 8.60. The summed E-state index contributed by atoms with van der Waals surface area (Å²) in [5.74, 6) is 0.468. The van der Waals surface area contributed by atoms with Gasteiger partial charge in [0.25, 0.3) is 0 Å². The highest BCUT2D eigenvalue weighted by Crippen LogP contribution is 2.70. The van der Waals surface area contributed by atoms with Crippen LogP contribution in [0.15, 0.2) is 11.6 Å². The second-order valence-electron chi connectivity index (χ2n) is 21.3. The van der Waals surface area contributed by atoms with Crippen LogP contribution in [0.25, 0.3) is 0 Å². The molecule has 0 amide bonds. The Morgan fingerprint density at radius 3 is 2.09 bits per heavy atom. The van der Waals surface area contributed by atoms with E-state index < -0.39 is 129 Å². The van der Waals surface area contributed by atoms with E-state index in [9.17, 15) is 56.2 Å². The van der Waals surface area contributed by atoms with Gasteiger partial charge >= 0.3 is 0 Å². The van der Waals surface area contributed by atoms with Gasteiger partial charge in [0.05, 0.1) is 44.2 Å². The molecule has 65 heavy (non-hydrogen) atoms. The van der Waals surface area contributed by atoms with Crippen molar-refractivity contribution >= 4 is 0 Å². The summed E-state index contributed by atoms with van der Waals surface area (Å²) in [5.41, 5.74) is 0.574. The Morgan fingerprint density at radius 2 is 1.40 bits per heavy atom. The Bertz CT molecular complexity index is 1650. The summed E-state index contributed by atoms with van der Waals surface area (Å²) in [6.07, 6.45) is -14.3. The van der Waals surface area contributed by atoms with E-state index in [-0.39, 0.29) is 48.2 Å². The summed E-state index contributed by atoms with van der Waals surface area (Å²) in [6.45, 7) is 9.38. The van der Waals surface area contributed by atoms with Crippen molar-refractivity contribution in [2.24, 2.45) is 46.3 Å². The lowest BCUT2D eigenvalue weighted by Gasteiger charge is -2.60. The second-order valence-corrected chi connectivity index (χ2v) is 21.3. The number of hydrogen-bond donors (Lipinski definition) is 11. The van der Waals surface area contributed by atoms with Crippen molar-refractivity contribution in [3.05, 3.63) is 11.6 Å². The SMILES string of the molecule is CO[C@]1(CC[C@@H](C)CO[C@@H]2O[C@H](CO)[C@@H](O)[C@H](O)[C@H]2O)O[C@H]2C[C@H]3[C@@H]4CC=C5C[C@@H](O[C@@H]6O[C@H](CO)[C@@H](O[C@@H]7O[C@@H](C)[C@H](O)[C@@H](O)[C@H]7O)[C@H](O)[C@H]6O)C[C@@H](O)[C@]5(C)[C@H]4CC[C@]3(C)[C@H]2[C@@H]1C. The molecule has 0 aromatic rings. The lowest BCUT2D eigenvalue weighted by Crippen LogP contribution is -2.64. The largest absolute Gasteiger partial charge is 0.394 e. The molecule has 19 nitrogen and oxygen atoms in total. The van der Waals surface area contributed by atoms with Crippen molar-refractivity contribution < 1.29 is 94.1 Å². The molecule has 19 heteroatoms. The van der Waals surface area contributed by atoms with E-state index in [1.807, 2.05) is 6.92 Å². The predicted octanol–water partition coefficient (Wildman–Crippen LogP) is -1.21. The van der Waals surface area contributed by atoms with E-state index in [0.717, 1.165) is 31.3 Å². The topological polar surface area (TPSA) is 296 Å². The summed E-state index contributed by atoms with van der Waals surface area (Å²) < 4.78 is 48.2. The molecule has 0 unspecified atom stereocenters. The fourth-order valence-corrected chi connectivity index (χ4v) is 13.9. The molecule has 0 spiro atoms. The Morgan fingerprint density at radius 1 is 0.754 bits per heavy atom. The van der Waals surface area contributed by atoms with Crippen molar-refractivity contribution in [2.75, 3.05) is 26.9 Å². The van der Waals surface area contributed by atoms with Crippen molar-refractivity contribution in [3.8, 4) is 0 Å². The number of methoxy groups -OCH3 is 1. The third-order valence-corrected chi connectivity index (χ3v) is 17.8. The first kappa shape index (κ1) is 50.4. The molecule has 4 saturated heterocycles. The molecule has 0 bridgehead atoms. The molecule has 27 atom stereocenters. The third-order valence-electron chi connectivity index (χ3n) is 17.8. The Labute approximate surface area is 380 Å². The van der Waals surface area contributed by atoms with Gasteiger partial charge in [0, 0.05) is 31.3 Å². The van der Waals surface area contributed by atoms with Crippen LogP contribution in [0.1, 0.15) is 86.0 Å². The molecule has 8 aliphatic rings. The van der Waals surface area contributed by atoms with Gasteiger partial charge in [0.1, 0.15) is 67.1 Å². The van der Waals surface area contributed by atoms with Gasteiger partial charge in [-0.3, -0.25) is 0 Å². The van der Waals surface area contributed by atoms with Crippen LogP contribution in [0, 0.1) is 46.3 Å². The quantitative estimate of drug-likeness (QED) is 0.0967. The van der Waals surface area contributed by atoms with Gasteiger partial charge < -0.3 is 94.1 Å². The average Bonchev–Trinajstić information content (AvgIpc) is 3.75. The number of fused-ring (bicyclic) bond motifs is 7. The zero-order chi connectivity index (χ0) is 47.1. The van der Waals surface area contributed by atoms with Crippen molar-refractivity contribution in [1.82, 2.24) is 0 Å². The normalized spacial score (nSPS) is 54.8. The molecule has 8 rings (SSSR count). The van der Waals surface area contributed by atoms with Crippen LogP contribution in [0.4, 0.5) is 0 Å². The number of hydrogen-bond acceptors (Lipinski definition) is 19. The van der Waals surface area contributed by atoms with Crippen LogP contribution in [0.2, 0.25) is 0 Å². The standard InChI is InChI=1S/C46H76O19/c1-19(18-59-41-37(55)35(53)33(51)28(16-47)62-41)9-12-46(58-6)20(2)31-27(65-46)15-26-24-8-7-22-13-23(14-30(49)45(22,5)25(24)10-11-44(26,31)4)61-43-39(57)36(54)40(29(17-48)63-43)64-42-38(56)34(52)32(50)21(3)60-42/h7,19-21,23-43,47-57H,8-18H2,1-6H3/t19-,20+,21+,23-,24-,25+,26+,27+,28-,29-,30-,31+,32+,33-,34-,35+,36-,37-,38-,39-,40-,41-,42+,43-,44+,45+,46-/m1/s1. The van der Waals surface area contributed by atoms with Crippen molar-refractivity contribution in [3.63, 3.8) is 0 Å². The molecular formula is C46H76O19. The van der Waals surface area contributed by atoms with Crippen LogP contribution in [0.3, 0.4) is 0 Å². The molecule has 0 aromatic heterocycles. The molecule has 0 aromatic carbocycles. The zero-order valence-corrected chi connectivity index (χ0v) is 38.4. The molecule has 4 aliphatic carbocycles. The predicted molar refractivity (Wildman–Crippen MR) is 224 cm³/mol. The first-order valence-corrected chi connectivity index (χ1v) is 23.9. The molecule has 4 aliphatic heterocycles. The monoisotopic (exact) mass is 932 g/mol. The number of rotatable bonds is 13. The van der Waals surface area contributed by atoms with Crippen LogP contribution in [0.5, 0.6) is 0 Å². The maximum absolute atomic E-state index is 12.1. The van der Waals surface area contributed by atoms with Gasteiger partial charge in [-0.1, -0.05) is 39.3 Å². The first-order chi connectivity index (χ1) is 30.7. The van der Waals surface area contributed by atoms with Gasteiger partial charge in [-0.25, -0.2) is 0 Å². The highest BCUT2D eigenvalue weighted by atomic mass is 16.7. The van der Waals surface area contributed by atoms with E-state index in [0.29, 0.717) is 31.1 Å². The molecule has 4 heterocycles. The fourth-order valence-electron chi connectivity index (χ4n) is 13.9. The van der Waals surface area contributed by atoms with Crippen LogP contribution in [-0.2, 0) is 37.9 Å². The smallest absolute Gasteiger partial charge is 0.187 e. The maximum Gasteiger partial charge on any atom is 0.187 e. The maximum atomic E-state index is 12.1. The van der Waals surface area contributed by atoms with E-state index in [1.54, 1.807) is 7.11 Å². The van der Waals surface area contributed by atoms with E-state index in [4.69, 9.17) is 37.9 Å². The summed E-state index contributed by atoms with van der Waals surface area (Å²) >= 11 is 0. The Balaban J connectivity index is 0.879. The van der Waals surface area contributed by atoms with E-state index >= 15 is 0 Å². The van der Waals surface area contributed by atoms with E-state index in [2.05, 4.69) is 26.8 Å². The van der Waals surface area contributed by atoms with Crippen LogP contribution >= 0.6 is 0 Å². The summed E-state index contributed by atoms with van der Waals surface area (Å²) in [7, 11) is 1.71. The molecular weight excluding hydrogens is 856 g/mol. The molecule has 3 saturated carbocycles. The first-order valence-electron chi connectivity index (χ1n) is 23.9. The minimum Gasteiger partial charge on any atom is -0.394 e.